The van der Waals surface area contributed by atoms with Crippen LogP contribution in [0.1, 0.15) is 24.8 Å². The monoisotopic (exact) mass is 298 g/mol. The average Bonchev–Trinajstić information content (AvgIpc) is 3.22. The molecule has 1 aliphatic rings. The fourth-order valence-corrected chi connectivity index (χ4v) is 3.33. The summed E-state index contributed by atoms with van der Waals surface area (Å²) >= 11 is 0. The molecular formula is C14H22N2O3S. The number of rotatable bonds is 8. The maximum atomic E-state index is 12.3. The van der Waals surface area contributed by atoms with Gasteiger partial charge in [0.05, 0.1) is 7.11 Å². The maximum absolute atomic E-state index is 12.3. The molecule has 0 aliphatic heterocycles. The van der Waals surface area contributed by atoms with E-state index in [1.165, 1.54) is 20.0 Å². The second-order valence-electron chi connectivity index (χ2n) is 5.15. The third-order valence-electron chi connectivity index (χ3n) is 3.44. The molecule has 2 rings (SSSR count). The summed E-state index contributed by atoms with van der Waals surface area (Å²) in [5.41, 5.74) is 0.987. The molecule has 0 atom stereocenters. The zero-order valence-electron chi connectivity index (χ0n) is 12.0. The van der Waals surface area contributed by atoms with Crippen molar-refractivity contribution in [3.63, 3.8) is 0 Å². The predicted octanol–water partition coefficient (Wildman–Crippen LogP) is 1.49. The Balaban J connectivity index is 2.11. The Labute approximate surface area is 120 Å². The quantitative estimate of drug-likeness (QED) is 0.763. The lowest BCUT2D eigenvalue weighted by Crippen LogP contribution is -2.25. The van der Waals surface area contributed by atoms with Gasteiger partial charge in [-0.3, -0.25) is 0 Å². The van der Waals surface area contributed by atoms with Gasteiger partial charge in [0, 0.05) is 13.1 Å². The third-order valence-corrected chi connectivity index (χ3v) is 4.94. The van der Waals surface area contributed by atoms with Crippen LogP contribution in [0.5, 0.6) is 5.75 Å². The molecule has 0 unspecified atom stereocenters. The number of hydrogen-bond donors (Lipinski definition) is 2. The standard InChI is InChI=1S/C14H22N2O3S/c1-15-10-12-5-6-14(13(9-12)19-2)20(17,18)16-8-7-11-3-4-11/h5-6,9,11,15-16H,3-4,7-8,10H2,1-2H3. The van der Waals surface area contributed by atoms with Crippen LogP contribution in [-0.2, 0) is 16.6 Å². The summed E-state index contributed by atoms with van der Waals surface area (Å²) in [5.74, 6) is 1.09. The van der Waals surface area contributed by atoms with Gasteiger partial charge in [0.1, 0.15) is 10.6 Å². The number of hydrogen-bond acceptors (Lipinski definition) is 4. The molecule has 112 valence electrons. The average molecular weight is 298 g/mol. The molecule has 1 aliphatic carbocycles. The molecule has 1 aromatic rings. The van der Waals surface area contributed by atoms with Crippen LogP contribution in [0.4, 0.5) is 0 Å². The Morgan fingerprint density at radius 1 is 1.35 bits per heavy atom. The summed E-state index contributed by atoms with van der Waals surface area (Å²) in [6.45, 7) is 1.17. The third kappa shape index (κ3) is 3.94. The first-order chi connectivity index (χ1) is 9.56. The van der Waals surface area contributed by atoms with Crippen molar-refractivity contribution in [3.8, 4) is 5.75 Å². The molecule has 20 heavy (non-hydrogen) atoms. The van der Waals surface area contributed by atoms with Crippen molar-refractivity contribution in [1.82, 2.24) is 10.0 Å². The number of benzene rings is 1. The van der Waals surface area contributed by atoms with E-state index >= 15 is 0 Å². The van der Waals surface area contributed by atoms with Gasteiger partial charge in [0.25, 0.3) is 0 Å². The number of nitrogens with one attached hydrogen (secondary N) is 2. The SMILES string of the molecule is CNCc1ccc(S(=O)(=O)NCCC2CC2)c(OC)c1. The number of ether oxygens (including phenoxy) is 1. The van der Waals surface area contributed by atoms with Crippen LogP contribution >= 0.6 is 0 Å². The summed E-state index contributed by atoms with van der Waals surface area (Å²) in [7, 11) is -0.166. The van der Waals surface area contributed by atoms with Gasteiger partial charge in [0.2, 0.25) is 10.0 Å². The van der Waals surface area contributed by atoms with Gasteiger partial charge in [-0.1, -0.05) is 18.9 Å². The lowest BCUT2D eigenvalue weighted by Gasteiger charge is -2.12. The van der Waals surface area contributed by atoms with Crippen LogP contribution in [0, 0.1) is 5.92 Å². The second kappa shape index (κ2) is 6.56. The van der Waals surface area contributed by atoms with Crippen LogP contribution < -0.4 is 14.8 Å². The molecule has 0 amide bonds. The van der Waals surface area contributed by atoms with Crippen molar-refractivity contribution >= 4 is 10.0 Å². The molecule has 1 saturated carbocycles. The van der Waals surface area contributed by atoms with Crippen molar-refractivity contribution in [2.24, 2.45) is 5.92 Å². The maximum Gasteiger partial charge on any atom is 0.244 e. The largest absolute Gasteiger partial charge is 0.495 e. The predicted molar refractivity (Wildman–Crippen MR) is 78.3 cm³/mol. The lowest BCUT2D eigenvalue weighted by molar-refractivity contribution is 0.401. The molecule has 6 heteroatoms. The van der Waals surface area contributed by atoms with Crippen molar-refractivity contribution in [2.45, 2.75) is 30.7 Å². The van der Waals surface area contributed by atoms with Gasteiger partial charge in [-0.2, -0.15) is 0 Å². The first-order valence-corrected chi connectivity index (χ1v) is 8.36. The van der Waals surface area contributed by atoms with Crippen molar-refractivity contribution in [2.75, 3.05) is 20.7 Å². The van der Waals surface area contributed by atoms with E-state index in [-0.39, 0.29) is 4.90 Å². The fraction of sp³-hybridized carbons (Fsp3) is 0.571. The normalized spacial score (nSPS) is 15.3. The van der Waals surface area contributed by atoms with Crippen LogP contribution in [-0.4, -0.2) is 29.1 Å². The van der Waals surface area contributed by atoms with Crippen LogP contribution in [0.3, 0.4) is 0 Å². The van der Waals surface area contributed by atoms with E-state index in [1.807, 2.05) is 7.05 Å². The van der Waals surface area contributed by atoms with E-state index in [9.17, 15) is 8.42 Å². The zero-order valence-corrected chi connectivity index (χ0v) is 12.8. The van der Waals surface area contributed by atoms with Gasteiger partial charge < -0.3 is 10.1 Å². The smallest absolute Gasteiger partial charge is 0.244 e. The summed E-state index contributed by atoms with van der Waals surface area (Å²) in [6, 6.07) is 5.16. The second-order valence-corrected chi connectivity index (χ2v) is 6.88. The summed E-state index contributed by atoms with van der Waals surface area (Å²) in [5, 5.41) is 3.03. The Hall–Kier alpha value is -1.11. The summed E-state index contributed by atoms with van der Waals surface area (Å²) in [4.78, 5) is 0.204. The fourth-order valence-electron chi connectivity index (χ4n) is 2.13. The molecule has 0 spiro atoms. The Bertz CT molecular complexity index is 554. The van der Waals surface area contributed by atoms with Gasteiger partial charge in [-0.05, 0) is 37.1 Å². The highest BCUT2D eigenvalue weighted by molar-refractivity contribution is 7.89. The van der Waals surface area contributed by atoms with Crippen molar-refractivity contribution in [3.05, 3.63) is 23.8 Å². The highest BCUT2D eigenvalue weighted by atomic mass is 32.2. The molecule has 2 N–H and O–H groups in total. The summed E-state index contributed by atoms with van der Waals surface area (Å²) in [6.07, 6.45) is 3.37. The van der Waals surface area contributed by atoms with Crippen molar-refractivity contribution < 1.29 is 13.2 Å². The van der Waals surface area contributed by atoms with Crippen molar-refractivity contribution in [1.29, 1.82) is 0 Å². The van der Waals surface area contributed by atoms with E-state index in [0.29, 0.717) is 24.8 Å². The first-order valence-electron chi connectivity index (χ1n) is 6.88. The molecule has 0 radical (unpaired) electrons. The lowest BCUT2D eigenvalue weighted by atomic mass is 10.2. The minimum Gasteiger partial charge on any atom is -0.495 e. The van der Waals surface area contributed by atoms with Gasteiger partial charge >= 0.3 is 0 Å². The molecule has 1 aromatic carbocycles. The van der Waals surface area contributed by atoms with Crippen LogP contribution in [0.2, 0.25) is 0 Å². The molecule has 0 saturated heterocycles. The Morgan fingerprint density at radius 2 is 2.10 bits per heavy atom. The van der Waals surface area contributed by atoms with E-state index in [0.717, 1.165) is 12.0 Å². The highest BCUT2D eigenvalue weighted by Crippen LogP contribution is 2.32. The highest BCUT2D eigenvalue weighted by Gasteiger charge is 2.23. The van der Waals surface area contributed by atoms with E-state index in [2.05, 4.69) is 10.0 Å². The van der Waals surface area contributed by atoms with Gasteiger partial charge in [-0.25, -0.2) is 13.1 Å². The van der Waals surface area contributed by atoms with Crippen LogP contribution in [0.25, 0.3) is 0 Å². The number of sulfonamides is 1. The van der Waals surface area contributed by atoms with Crippen LogP contribution in [0.15, 0.2) is 23.1 Å². The molecule has 1 fully saturated rings. The molecule has 0 bridgehead atoms. The summed E-state index contributed by atoms with van der Waals surface area (Å²) < 4.78 is 32.4. The van der Waals surface area contributed by atoms with Gasteiger partial charge in [0.15, 0.2) is 0 Å². The number of methoxy groups -OCH3 is 1. The van der Waals surface area contributed by atoms with E-state index < -0.39 is 10.0 Å². The zero-order chi connectivity index (χ0) is 14.6. The minimum atomic E-state index is -3.50. The van der Waals surface area contributed by atoms with E-state index in [1.54, 1.807) is 18.2 Å². The Morgan fingerprint density at radius 3 is 2.70 bits per heavy atom. The molecule has 5 nitrogen and oxygen atoms in total. The minimum absolute atomic E-state index is 0.204. The molecule has 0 heterocycles. The van der Waals surface area contributed by atoms with Gasteiger partial charge in [-0.15, -0.1) is 0 Å². The first kappa shape index (κ1) is 15.3. The Kier molecular flexibility index (Phi) is 5.01. The molecule has 0 aromatic heterocycles. The molecular weight excluding hydrogens is 276 g/mol. The van der Waals surface area contributed by atoms with E-state index in [4.69, 9.17) is 4.74 Å². The topological polar surface area (TPSA) is 67.4 Å².